The first-order valence-corrected chi connectivity index (χ1v) is 7.12. The summed E-state index contributed by atoms with van der Waals surface area (Å²) in [5.74, 6) is -0.401. The van der Waals surface area contributed by atoms with Gasteiger partial charge in [0.05, 0.1) is 6.10 Å². The maximum Gasteiger partial charge on any atom is 0.193 e. The Morgan fingerprint density at radius 3 is 2.32 bits per heavy atom. The van der Waals surface area contributed by atoms with E-state index in [1.165, 1.54) is 12.8 Å². The second-order valence-corrected chi connectivity index (χ2v) is 4.95. The van der Waals surface area contributed by atoms with Crippen molar-refractivity contribution in [2.75, 3.05) is 0 Å². The largest absolute Gasteiger partial charge is 0.390 e. The van der Waals surface area contributed by atoms with E-state index in [4.69, 9.17) is 0 Å². The molecule has 106 valence electrons. The predicted molar refractivity (Wildman–Crippen MR) is 76.2 cm³/mol. The van der Waals surface area contributed by atoms with E-state index in [-0.39, 0.29) is 0 Å². The third kappa shape index (κ3) is 5.53. The van der Waals surface area contributed by atoms with Crippen LogP contribution in [0, 0.1) is 0 Å². The zero-order valence-electron chi connectivity index (χ0n) is 11.6. The van der Waals surface area contributed by atoms with Crippen LogP contribution in [0.25, 0.3) is 0 Å². The second kappa shape index (κ2) is 8.83. The molecule has 0 fully saturated rings. The van der Waals surface area contributed by atoms with E-state index in [0.29, 0.717) is 12.0 Å². The smallest absolute Gasteiger partial charge is 0.193 e. The summed E-state index contributed by atoms with van der Waals surface area (Å²) in [4.78, 5) is 11.9. The molecule has 19 heavy (non-hydrogen) atoms. The molecule has 0 aliphatic heterocycles. The van der Waals surface area contributed by atoms with Crippen molar-refractivity contribution >= 4 is 5.78 Å². The minimum Gasteiger partial charge on any atom is -0.390 e. The van der Waals surface area contributed by atoms with Gasteiger partial charge in [-0.3, -0.25) is 4.79 Å². The summed E-state index contributed by atoms with van der Waals surface area (Å²) in [6.07, 6.45) is 3.61. The van der Waals surface area contributed by atoms with Crippen LogP contribution in [0.1, 0.15) is 55.8 Å². The summed E-state index contributed by atoms with van der Waals surface area (Å²) in [6, 6.07) is 8.61. The van der Waals surface area contributed by atoms with Gasteiger partial charge >= 0.3 is 0 Å². The standard InChI is InChI=1S/C16H24O3/c1-2-3-4-5-9-12-14(17)16(19)15(18)13-10-7-6-8-11-13/h6-8,10-11,14,16-17,19H,2-5,9,12H2,1H3/t14-,16-/m1/s1. The molecule has 3 heteroatoms. The normalized spacial score (nSPS) is 14.1. The van der Waals surface area contributed by atoms with Crippen LogP contribution in [-0.2, 0) is 0 Å². The molecule has 0 spiro atoms. The molecule has 0 aromatic heterocycles. The fraction of sp³-hybridized carbons (Fsp3) is 0.562. The van der Waals surface area contributed by atoms with Gasteiger partial charge < -0.3 is 10.2 Å². The Morgan fingerprint density at radius 1 is 1.05 bits per heavy atom. The monoisotopic (exact) mass is 264 g/mol. The molecular weight excluding hydrogens is 240 g/mol. The van der Waals surface area contributed by atoms with Gasteiger partial charge in [0, 0.05) is 5.56 Å². The molecule has 0 saturated heterocycles. The quantitative estimate of drug-likeness (QED) is 0.532. The summed E-state index contributed by atoms with van der Waals surface area (Å²) in [5, 5.41) is 19.7. The van der Waals surface area contributed by atoms with E-state index in [1.54, 1.807) is 24.3 Å². The molecule has 0 bridgehead atoms. The Morgan fingerprint density at radius 2 is 1.68 bits per heavy atom. The average molecular weight is 264 g/mol. The molecule has 3 nitrogen and oxygen atoms in total. The summed E-state index contributed by atoms with van der Waals surface area (Å²) >= 11 is 0. The van der Waals surface area contributed by atoms with Crippen LogP contribution in [0.5, 0.6) is 0 Å². The van der Waals surface area contributed by atoms with Gasteiger partial charge in [-0.1, -0.05) is 69.4 Å². The lowest BCUT2D eigenvalue weighted by Gasteiger charge is -2.16. The number of ketones is 1. The third-order valence-corrected chi connectivity index (χ3v) is 3.29. The topological polar surface area (TPSA) is 57.5 Å². The zero-order valence-corrected chi connectivity index (χ0v) is 11.6. The molecule has 1 aromatic rings. The number of carbonyl (C=O) groups excluding carboxylic acids is 1. The third-order valence-electron chi connectivity index (χ3n) is 3.29. The van der Waals surface area contributed by atoms with Crippen LogP contribution < -0.4 is 0 Å². The number of hydrogen-bond donors (Lipinski definition) is 2. The lowest BCUT2D eigenvalue weighted by Crippen LogP contribution is -2.33. The van der Waals surface area contributed by atoms with Crippen molar-refractivity contribution in [3.63, 3.8) is 0 Å². The Balaban J connectivity index is 2.35. The maximum atomic E-state index is 11.9. The average Bonchev–Trinajstić information content (AvgIpc) is 2.46. The van der Waals surface area contributed by atoms with Gasteiger partial charge in [-0.15, -0.1) is 0 Å². The van der Waals surface area contributed by atoms with Crippen molar-refractivity contribution in [2.45, 2.75) is 57.7 Å². The van der Waals surface area contributed by atoms with Crippen molar-refractivity contribution in [3.8, 4) is 0 Å². The van der Waals surface area contributed by atoms with Crippen molar-refractivity contribution in [2.24, 2.45) is 0 Å². The summed E-state index contributed by atoms with van der Waals surface area (Å²) in [6.45, 7) is 2.15. The summed E-state index contributed by atoms with van der Waals surface area (Å²) in [7, 11) is 0. The lowest BCUT2D eigenvalue weighted by atomic mass is 9.98. The van der Waals surface area contributed by atoms with E-state index in [0.717, 1.165) is 19.3 Å². The van der Waals surface area contributed by atoms with Gasteiger partial charge in [0.2, 0.25) is 0 Å². The van der Waals surface area contributed by atoms with Gasteiger partial charge in [0.25, 0.3) is 0 Å². The summed E-state index contributed by atoms with van der Waals surface area (Å²) in [5.41, 5.74) is 0.444. The van der Waals surface area contributed by atoms with Crippen LogP contribution in [0.15, 0.2) is 30.3 Å². The van der Waals surface area contributed by atoms with E-state index < -0.39 is 18.0 Å². The molecule has 2 N–H and O–H groups in total. The molecule has 0 aliphatic rings. The van der Waals surface area contributed by atoms with E-state index in [9.17, 15) is 15.0 Å². The van der Waals surface area contributed by atoms with Crippen LogP contribution in [0.3, 0.4) is 0 Å². The molecule has 1 aromatic carbocycles. The van der Waals surface area contributed by atoms with Crippen LogP contribution in [0.2, 0.25) is 0 Å². The van der Waals surface area contributed by atoms with E-state index in [2.05, 4.69) is 6.92 Å². The van der Waals surface area contributed by atoms with Gasteiger partial charge in [-0.2, -0.15) is 0 Å². The first-order valence-electron chi connectivity index (χ1n) is 7.12. The molecule has 1 rings (SSSR count). The number of unbranched alkanes of at least 4 members (excludes halogenated alkanes) is 4. The highest BCUT2D eigenvalue weighted by molar-refractivity contribution is 5.99. The molecule has 0 amide bonds. The fourth-order valence-corrected chi connectivity index (χ4v) is 2.06. The molecular formula is C16H24O3. The van der Waals surface area contributed by atoms with Crippen molar-refractivity contribution in [1.82, 2.24) is 0 Å². The van der Waals surface area contributed by atoms with Crippen molar-refractivity contribution in [3.05, 3.63) is 35.9 Å². The molecule has 0 heterocycles. The van der Waals surface area contributed by atoms with E-state index >= 15 is 0 Å². The number of hydrogen-bond acceptors (Lipinski definition) is 3. The number of carbonyl (C=O) groups is 1. The molecule has 0 saturated carbocycles. The first-order chi connectivity index (χ1) is 9.16. The number of aliphatic hydroxyl groups excluding tert-OH is 2. The second-order valence-electron chi connectivity index (χ2n) is 4.95. The van der Waals surface area contributed by atoms with Gasteiger partial charge in [0.15, 0.2) is 5.78 Å². The van der Waals surface area contributed by atoms with Gasteiger partial charge in [-0.25, -0.2) is 0 Å². The Labute approximate surface area is 115 Å². The number of rotatable bonds is 9. The minimum atomic E-state index is -1.31. The zero-order chi connectivity index (χ0) is 14.1. The SMILES string of the molecule is CCCCCCC[C@@H](O)[C@@H](O)C(=O)c1ccccc1. The van der Waals surface area contributed by atoms with E-state index in [1.807, 2.05) is 6.07 Å². The van der Waals surface area contributed by atoms with Crippen LogP contribution in [0.4, 0.5) is 0 Å². The van der Waals surface area contributed by atoms with Crippen molar-refractivity contribution in [1.29, 1.82) is 0 Å². The first kappa shape index (κ1) is 15.9. The van der Waals surface area contributed by atoms with Crippen LogP contribution in [-0.4, -0.2) is 28.2 Å². The Hall–Kier alpha value is -1.19. The highest BCUT2D eigenvalue weighted by atomic mass is 16.3. The highest BCUT2D eigenvalue weighted by Crippen LogP contribution is 2.13. The minimum absolute atomic E-state index is 0.401. The maximum absolute atomic E-state index is 11.9. The van der Waals surface area contributed by atoms with Crippen molar-refractivity contribution < 1.29 is 15.0 Å². The number of benzene rings is 1. The molecule has 0 unspecified atom stereocenters. The van der Waals surface area contributed by atoms with Crippen LogP contribution >= 0.6 is 0 Å². The Kier molecular flexibility index (Phi) is 7.38. The van der Waals surface area contributed by atoms with Gasteiger partial charge in [-0.05, 0) is 6.42 Å². The fourth-order valence-electron chi connectivity index (χ4n) is 2.06. The number of Topliss-reactive ketones (excluding diaryl/α,β-unsaturated/α-hetero) is 1. The molecule has 0 radical (unpaired) electrons. The molecule has 0 aliphatic carbocycles. The van der Waals surface area contributed by atoms with Gasteiger partial charge in [0.1, 0.15) is 6.10 Å². The summed E-state index contributed by atoms with van der Waals surface area (Å²) < 4.78 is 0. The Bertz CT molecular complexity index is 362. The number of aliphatic hydroxyl groups is 2. The highest BCUT2D eigenvalue weighted by Gasteiger charge is 2.24. The molecule has 2 atom stereocenters. The lowest BCUT2D eigenvalue weighted by molar-refractivity contribution is 0.0167. The predicted octanol–water partition coefficient (Wildman–Crippen LogP) is 2.95.